The van der Waals surface area contributed by atoms with Crippen LogP contribution in [0.3, 0.4) is 0 Å². The zero-order chi connectivity index (χ0) is 28.2. The van der Waals surface area contributed by atoms with Crippen LogP contribution in [0.2, 0.25) is 0 Å². The van der Waals surface area contributed by atoms with Crippen molar-refractivity contribution >= 4 is 0 Å². The molecule has 0 aliphatic heterocycles. The predicted octanol–water partition coefficient (Wildman–Crippen LogP) is 6.47. The Morgan fingerprint density at radius 1 is 0.500 bits per heavy atom. The lowest BCUT2D eigenvalue weighted by molar-refractivity contribution is 0.315. The van der Waals surface area contributed by atoms with Gasteiger partial charge in [0, 0.05) is 24.3 Å². The number of ether oxygens (including phenoxy) is 3. The van der Waals surface area contributed by atoms with Crippen molar-refractivity contribution in [2.24, 2.45) is 0 Å². The minimum Gasteiger partial charge on any atom is -0.508 e. The third kappa shape index (κ3) is 14.6. The van der Waals surface area contributed by atoms with Crippen LogP contribution in [0.4, 0.5) is 0 Å². The molecule has 0 amide bonds. The van der Waals surface area contributed by atoms with E-state index in [4.69, 9.17) is 39.7 Å². The van der Waals surface area contributed by atoms with Gasteiger partial charge in [-0.2, -0.15) is 0 Å². The fraction of sp³-hybridized carbons (Fsp3) is 0.200. The molecule has 0 unspecified atom stereocenters. The zero-order valence-electron chi connectivity index (χ0n) is 21.8. The van der Waals surface area contributed by atoms with E-state index in [0.29, 0.717) is 24.7 Å². The molecule has 0 saturated heterocycles. The highest BCUT2D eigenvalue weighted by Gasteiger charge is 1.93. The Kier molecular flexibility index (Phi) is 15.3. The van der Waals surface area contributed by atoms with E-state index in [9.17, 15) is 0 Å². The number of hydrogen-bond donors (Lipinski definition) is 5. The summed E-state index contributed by atoms with van der Waals surface area (Å²) in [7, 11) is 1.56. The van der Waals surface area contributed by atoms with Gasteiger partial charge in [-0.05, 0) is 61.9 Å². The third-order valence-corrected chi connectivity index (χ3v) is 4.30. The number of phenolic OH excluding ortho intramolecular Hbond substituents is 5. The second kappa shape index (κ2) is 18.5. The molecular formula is C30H36O8. The summed E-state index contributed by atoms with van der Waals surface area (Å²) in [6.07, 6.45) is 0.982. The largest absolute Gasteiger partial charge is 0.508 e. The number of hydrogen-bond acceptors (Lipinski definition) is 8. The van der Waals surface area contributed by atoms with E-state index in [1.807, 2.05) is 26.0 Å². The summed E-state index contributed by atoms with van der Waals surface area (Å²) in [5.74, 6) is 3.01. The van der Waals surface area contributed by atoms with Crippen molar-refractivity contribution in [1.82, 2.24) is 0 Å². The molecule has 0 spiro atoms. The van der Waals surface area contributed by atoms with Gasteiger partial charge in [0.05, 0.1) is 20.3 Å². The molecule has 0 fully saturated rings. The molecule has 204 valence electrons. The van der Waals surface area contributed by atoms with E-state index in [-0.39, 0.29) is 28.7 Å². The van der Waals surface area contributed by atoms with Crippen LogP contribution < -0.4 is 14.2 Å². The molecule has 0 radical (unpaired) electrons. The number of aromatic hydroxyl groups is 5. The molecule has 38 heavy (non-hydrogen) atoms. The summed E-state index contributed by atoms with van der Waals surface area (Å²) < 4.78 is 15.2. The third-order valence-electron chi connectivity index (χ3n) is 4.30. The zero-order valence-corrected chi connectivity index (χ0v) is 21.8. The van der Waals surface area contributed by atoms with Crippen LogP contribution in [0.15, 0.2) is 97.1 Å². The molecule has 4 aromatic carbocycles. The van der Waals surface area contributed by atoms with Crippen molar-refractivity contribution in [3.8, 4) is 46.0 Å². The molecule has 0 aromatic heterocycles. The molecule has 0 aliphatic rings. The van der Waals surface area contributed by atoms with Gasteiger partial charge < -0.3 is 39.7 Å². The number of methoxy groups -OCH3 is 1. The molecule has 4 rings (SSSR count). The lowest BCUT2D eigenvalue weighted by Gasteiger charge is -2.03. The Hall–Kier alpha value is -4.72. The first-order chi connectivity index (χ1) is 18.3. The van der Waals surface area contributed by atoms with Crippen LogP contribution in [0.5, 0.6) is 46.0 Å². The summed E-state index contributed by atoms with van der Waals surface area (Å²) in [6.45, 7) is 5.28. The fourth-order valence-corrected chi connectivity index (χ4v) is 2.64. The van der Waals surface area contributed by atoms with E-state index >= 15 is 0 Å². The monoisotopic (exact) mass is 524 g/mol. The molecular weight excluding hydrogens is 488 g/mol. The number of phenols is 5. The smallest absolute Gasteiger partial charge is 0.122 e. The van der Waals surface area contributed by atoms with Crippen LogP contribution in [0, 0.1) is 0 Å². The van der Waals surface area contributed by atoms with Gasteiger partial charge in [0.2, 0.25) is 0 Å². The fourth-order valence-electron chi connectivity index (χ4n) is 2.64. The maximum Gasteiger partial charge on any atom is 0.122 e. The summed E-state index contributed by atoms with van der Waals surface area (Å²) in [5.41, 5.74) is 0. The second-order valence-corrected chi connectivity index (χ2v) is 7.50. The van der Waals surface area contributed by atoms with Crippen LogP contribution in [-0.2, 0) is 0 Å². The van der Waals surface area contributed by atoms with Gasteiger partial charge in [-0.1, -0.05) is 31.2 Å². The highest BCUT2D eigenvalue weighted by atomic mass is 16.5. The lowest BCUT2D eigenvalue weighted by atomic mass is 10.3. The van der Waals surface area contributed by atoms with Crippen LogP contribution >= 0.6 is 0 Å². The first kappa shape index (κ1) is 31.3. The molecule has 0 aliphatic carbocycles. The second-order valence-electron chi connectivity index (χ2n) is 7.50. The molecule has 0 bridgehead atoms. The van der Waals surface area contributed by atoms with Crippen molar-refractivity contribution in [3.05, 3.63) is 97.1 Å². The molecule has 0 saturated carbocycles. The van der Waals surface area contributed by atoms with Crippen molar-refractivity contribution in [1.29, 1.82) is 0 Å². The number of benzene rings is 4. The van der Waals surface area contributed by atoms with Gasteiger partial charge in [0.1, 0.15) is 46.0 Å². The van der Waals surface area contributed by atoms with E-state index < -0.39 is 0 Å². The van der Waals surface area contributed by atoms with E-state index in [0.717, 1.165) is 12.2 Å². The molecule has 0 atom stereocenters. The van der Waals surface area contributed by atoms with Gasteiger partial charge in [-0.15, -0.1) is 0 Å². The van der Waals surface area contributed by atoms with Gasteiger partial charge in [-0.3, -0.25) is 0 Å². The lowest BCUT2D eigenvalue weighted by Crippen LogP contribution is -1.93. The van der Waals surface area contributed by atoms with E-state index in [1.165, 1.54) is 18.2 Å². The summed E-state index contributed by atoms with van der Waals surface area (Å²) in [5, 5.41) is 44.2. The Bertz CT molecular complexity index is 1160. The SMILES string of the molecule is CCCOc1cccc(O)c1.CCOc1cccc(O)c1.COc1cccc(O)c1.Oc1cccc(O)c1. The standard InChI is InChI=1S/C9H12O2.C8H10O2.C7H8O2.C6H6O2/c1-2-6-11-9-5-3-4-8(10)7-9;1-2-10-8-5-3-4-7(9)6-8;1-9-7-4-2-3-6(8)5-7;7-5-2-1-3-6(8)4-5/h3-5,7,10H,2,6H2,1H3;3-6,9H,2H2,1H3;2-5,8H,1H3;1-4,7-8H. The minimum atomic E-state index is 0.0880. The van der Waals surface area contributed by atoms with Crippen LogP contribution in [0.1, 0.15) is 20.3 Å². The summed E-state index contributed by atoms with van der Waals surface area (Å²) >= 11 is 0. The van der Waals surface area contributed by atoms with Crippen molar-refractivity contribution in [2.75, 3.05) is 20.3 Å². The maximum atomic E-state index is 9.03. The van der Waals surface area contributed by atoms with Crippen LogP contribution in [0.25, 0.3) is 0 Å². The van der Waals surface area contributed by atoms with Crippen molar-refractivity contribution in [3.63, 3.8) is 0 Å². The highest BCUT2D eigenvalue weighted by molar-refractivity contribution is 5.33. The van der Waals surface area contributed by atoms with Crippen LogP contribution in [-0.4, -0.2) is 45.9 Å². The highest BCUT2D eigenvalue weighted by Crippen LogP contribution is 2.19. The Morgan fingerprint density at radius 3 is 1.18 bits per heavy atom. The Morgan fingerprint density at radius 2 is 0.868 bits per heavy atom. The quantitative estimate of drug-likeness (QED) is 0.194. The van der Waals surface area contributed by atoms with E-state index in [2.05, 4.69) is 0 Å². The Balaban J connectivity index is 0.000000255. The average molecular weight is 525 g/mol. The van der Waals surface area contributed by atoms with Gasteiger partial charge in [0.15, 0.2) is 0 Å². The molecule has 0 heterocycles. The number of rotatable bonds is 6. The molecule has 4 aromatic rings. The van der Waals surface area contributed by atoms with Crippen molar-refractivity contribution < 1.29 is 39.7 Å². The van der Waals surface area contributed by atoms with E-state index in [1.54, 1.807) is 73.8 Å². The maximum absolute atomic E-state index is 9.03. The van der Waals surface area contributed by atoms with Gasteiger partial charge in [0.25, 0.3) is 0 Å². The molecule has 8 heteroatoms. The first-order valence-electron chi connectivity index (χ1n) is 11.9. The summed E-state index contributed by atoms with van der Waals surface area (Å²) in [4.78, 5) is 0. The van der Waals surface area contributed by atoms with Gasteiger partial charge in [-0.25, -0.2) is 0 Å². The van der Waals surface area contributed by atoms with Gasteiger partial charge >= 0.3 is 0 Å². The first-order valence-corrected chi connectivity index (χ1v) is 11.9. The summed E-state index contributed by atoms with van der Waals surface area (Å²) in [6, 6.07) is 26.1. The predicted molar refractivity (Wildman–Crippen MR) is 148 cm³/mol. The topological polar surface area (TPSA) is 129 Å². The minimum absolute atomic E-state index is 0.0880. The van der Waals surface area contributed by atoms with Crippen molar-refractivity contribution in [2.45, 2.75) is 20.3 Å². The molecule has 5 N–H and O–H groups in total. The molecule has 8 nitrogen and oxygen atoms in total. The normalized spacial score (nSPS) is 9.24. The average Bonchev–Trinajstić information content (AvgIpc) is 2.89. The Labute approximate surface area is 223 Å².